The van der Waals surface area contributed by atoms with E-state index in [-0.39, 0.29) is 0 Å². The number of anilines is 1. The van der Waals surface area contributed by atoms with Gasteiger partial charge < -0.3 is 14.0 Å². The summed E-state index contributed by atoms with van der Waals surface area (Å²) in [4.78, 5) is 9.46. The summed E-state index contributed by atoms with van der Waals surface area (Å²) in [6.45, 7) is 7.30. The van der Waals surface area contributed by atoms with Gasteiger partial charge in [0.15, 0.2) is 0 Å². The summed E-state index contributed by atoms with van der Waals surface area (Å²) >= 11 is 12.3. The lowest BCUT2D eigenvalue weighted by atomic mass is 10.2. The van der Waals surface area contributed by atoms with Crippen LogP contribution in [-0.4, -0.2) is 47.1 Å². The van der Waals surface area contributed by atoms with E-state index in [1.165, 1.54) is 0 Å². The van der Waals surface area contributed by atoms with E-state index in [1.807, 2.05) is 41.8 Å². The fraction of sp³-hybridized carbons (Fsp3) is 0.350. The predicted molar refractivity (Wildman–Crippen MR) is 110 cm³/mol. The third kappa shape index (κ3) is 4.15. The zero-order valence-corrected chi connectivity index (χ0v) is 16.7. The second-order valence-corrected chi connectivity index (χ2v) is 7.50. The van der Waals surface area contributed by atoms with Crippen LogP contribution in [0.3, 0.4) is 0 Å². The van der Waals surface area contributed by atoms with Crippen molar-refractivity contribution in [2.75, 3.05) is 37.7 Å². The van der Waals surface area contributed by atoms with Crippen molar-refractivity contribution in [2.24, 2.45) is 0 Å². The largest absolute Gasteiger partial charge is 0.492 e. The van der Waals surface area contributed by atoms with Gasteiger partial charge in [-0.15, -0.1) is 0 Å². The van der Waals surface area contributed by atoms with Crippen molar-refractivity contribution in [3.8, 4) is 5.75 Å². The predicted octanol–water partition coefficient (Wildman–Crippen LogP) is 4.36. The maximum Gasteiger partial charge on any atom is 0.137 e. The lowest BCUT2D eigenvalue weighted by Gasteiger charge is -2.36. The molecule has 142 valence electrons. The summed E-state index contributed by atoms with van der Waals surface area (Å²) < 4.78 is 7.59. The highest BCUT2D eigenvalue weighted by Crippen LogP contribution is 2.29. The minimum atomic E-state index is 0.662. The van der Waals surface area contributed by atoms with Crippen LogP contribution in [0.5, 0.6) is 5.75 Å². The lowest BCUT2D eigenvalue weighted by Crippen LogP contribution is -2.46. The van der Waals surface area contributed by atoms with Crippen molar-refractivity contribution in [3.05, 3.63) is 58.5 Å². The number of piperazine rings is 1. The second kappa shape index (κ2) is 7.97. The maximum absolute atomic E-state index is 6.35. The third-order valence-electron chi connectivity index (χ3n) is 4.79. The standard InChI is InChI=1S/C20H22Cl2N4O/c1-2-27-17-4-6-20-23-16(13-26(20)14-17)12-24-7-9-25(10-8-24)19-5-3-15(21)11-18(19)22/h3-6,11,13-14H,2,7-10,12H2,1H3. The number of rotatable bonds is 5. The number of pyridine rings is 1. The van der Waals surface area contributed by atoms with Crippen molar-refractivity contribution in [2.45, 2.75) is 13.5 Å². The zero-order valence-electron chi connectivity index (χ0n) is 15.2. The summed E-state index contributed by atoms with van der Waals surface area (Å²) in [6, 6.07) is 9.65. The Morgan fingerprint density at radius 3 is 2.59 bits per heavy atom. The molecule has 0 aliphatic carbocycles. The number of nitrogens with zero attached hydrogens (tertiary/aromatic N) is 4. The molecule has 0 bridgehead atoms. The van der Waals surface area contributed by atoms with E-state index in [9.17, 15) is 0 Å². The summed E-state index contributed by atoms with van der Waals surface area (Å²) in [5.74, 6) is 0.863. The molecule has 1 aliphatic rings. The average molecular weight is 405 g/mol. The van der Waals surface area contributed by atoms with Crippen molar-refractivity contribution in [3.63, 3.8) is 0 Å². The molecule has 0 atom stereocenters. The molecule has 27 heavy (non-hydrogen) atoms. The molecule has 0 amide bonds. The molecule has 1 saturated heterocycles. The zero-order chi connectivity index (χ0) is 18.8. The Morgan fingerprint density at radius 2 is 1.85 bits per heavy atom. The van der Waals surface area contributed by atoms with Crippen LogP contribution in [0.15, 0.2) is 42.7 Å². The van der Waals surface area contributed by atoms with Gasteiger partial charge >= 0.3 is 0 Å². The van der Waals surface area contributed by atoms with Gasteiger partial charge in [-0.25, -0.2) is 4.98 Å². The summed E-state index contributed by atoms with van der Waals surface area (Å²) in [5, 5.41) is 1.38. The molecule has 3 heterocycles. The molecule has 0 N–H and O–H groups in total. The SMILES string of the molecule is CCOc1ccc2nc(CN3CCN(c4ccc(Cl)cc4Cl)CC3)cn2c1. The molecule has 1 aromatic carbocycles. The molecular formula is C20H22Cl2N4O. The van der Waals surface area contributed by atoms with E-state index < -0.39 is 0 Å². The van der Waals surface area contributed by atoms with Gasteiger partial charge in [0, 0.05) is 43.9 Å². The van der Waals surface area contributed by atoms with E-state index in [0.29, 0.717) is 16.7 Å². The van der Waals surface area contributed by atoms with Gasteiger partial charge in [-0.1, -0.05) is 23.2 Å². The Hall–Kier alpha value is -1.95. The van der Waals surface area contributed by atoms with Crippen molar-refractivity contribution >= 4 is 34.5 Å². The van der Waals surface area contributed by atoms with E-state index in [2.05, 4.69) is 16.0 Å². The van der Waals surface area contributed by atoms with Crippen LogP contribution in [0, 0.1) is 0 Å². The molecule has 1 fully saturated rings. The first-order valence-corrected chi connectivity index (χ1v) is 9.91. The highest BCUT2D eigenvalue weighted by molar-refractivity contribution is 6.36. The maximum atomic E-state index is 6.35. The first-order valence-electron chi connectivity index (χ1n) is 9.15. The molecule has 0 radical (unpaired) electrons. The Morgan fingerprint density at radius 1 is 1.04 bits per heavy atom. The minimum absolute atomic E-state index is 0.662. The topological polar surface area (TPSA) is 33.0 Å². The van der Waals surface area contributed by atoms with Crippen LogP contribution in [0.2, 0.25) is 10.0 Å². The second-order valence-electron chi connectivity index (χ2n) is 6.65. The average Bonchev–Trinajstić information content (AvgIpc) is 3.04. The summed E-state index contributed by atoms with van der Waals surface area (Å²) in [7, 11) is 0. The molecule has 2 aromatic heterocycles. The van der Waals surface area contributed by atoms with Gasteiger partial charge in [0.2, 0.25) is 0 Å². The van der Waals surface area contributed by atoms with Crippen LogP contribution >= 0.6 is 23.2 Å². The minimum Gasteiger partial charge on any atom is -0.492 e. The van der Waals surface area contributed by atoms with Crippen molar-refractivity contribution in [1.82, 2.24) is 14.3 Å². The van der Waals surface area contributed by atoms with Gasteiger partial charge in [-0.3, -0.25) is 4.90 Å². The van der Waals surface area contributed by atoms with Gasteiger partial charge in [0.1, 0.15) is 11.4 Å². The molecule has 0 unspecified atom stereocenters. The molecular weight excluding hydrogens is 383 g/mol. The Bertz CT molecular complexity index is 935. The van der Waals surface area contributed by atoms with Crippen LogP contribution in [0.25, 0.3) is 5.65 Å². The molecule has 3 aromatic rings. The number of halogens is 2. The number of benzene rings is 1. The molecule has 5 nitrogen and oxygen atoms in total. The van der Waals surface area contributed by atoms with Crippen molar-refractivity contribution in [1.29, 1.82) is 0 Å². The quantitative estimate of drug-likeness (QED) is 0.632. The van der Waals surface area contributed by atoms with Crippen LogP contribution < -0.4 is 9.64 Å². The fourth-order valence-electron chi connectivity index (χ4n) is 3.47. The fourth-order valence-corrected chi connectivity index (χ4v) is 3.99. The molecule has 1 aliphatic heterocycles. The molecule has 4 rings (SSSR count). The Kier molecular flexibility index (Phi) is 5.43. The molecule has 7 heteroatoms. The molecule has 0 saturated carbocycles. The third-order valence-corrected chi connectivity index (χ3v) is 5.33. The highest BCUT2D eigenvalue weighted by Gasteiger charge is 2.20. The van der Waals surface area contributed by atoms with E-state index in [0.717, 1.165) is 55.5 Å². The Balaban J connectivity index is 1.39. The molecule has 0 spiro atoms. The van der Waals surface area contributed by atoms with E-state index in [4.69, 9.17) is 32.9 Å². The number of fused-ring (bicyclic) bond motifs is 1. The van der Waals surface area contributed by atoms with Gasteiger partial charge in [0.25, 0.3) is 0 Å². The summed E-state index contributed by atoms with van der Waals surface area (Å²) in [6.07, 6.45) is 4.07. The number of hydrogen-bond donors (Lipinski definition) is 0. The van der Waals surface area contributed by atoms with Crippen LogP contribution in [0.4, 0.5) is 5.69 Å². The first-order chi connectivity index (χ1) is 13.1. The lowest BCUT2D eigenvalue weighted by molar-refractivity contribution is 0.247. The van der Waals surface area contributed by atoms with E-state index >= 15 is 0 Å². The van der Waals surface area contributed by atoms with Gasteiger partial charge in [-0.2, -0.15) is 0 Å². The normalized spacial score (nSPS) is 15.4. The van der Waals surface area contributed by atoms with Crippen LogP contribution in [-0.2, 0) is 6.54 Å². The number of ether oxygens (including phenoxy) is 1. The summed E-state index contributed by atoms with van der Waals surface area (Å²) in [5.41, 5.74) is 3.07. The first kappa shape index (κ1) is 18.4. The highest BCUT2D eigenvalue weighted by atomic mass is 35.5. The number of aromatic nitrogens is 2. The van der Waals surface area contributed by atoms with Gasteiger partial charge in [0.05, 0.1) is 29.2 Å². The number of imidazole rings is 1. The van der Waals surface area contributed by atoms with Gasteiger partial charge in [-0.05, 0) is 37.3 Å². The Labute approximate surface area is 169 Å². The van der Waals surface area contributed by atoms with E-state index in [1.54, 1.807) is 6.07 Å². The monoisotopic (exact) mass is 404 g/mol. The number of hydrogen-bond acceptors (Lipinski definition) is 4. The van der Waals surface area contributed by atoms with Crippen LogP contribution in [0.1, 0.15) is 12.6 Å². The van der Waals surface area contributed by atoms with Crippen molar-refractivity contribution < 1.29 is 4.74 Å². The smallest absolute Gasteiger partial charge is 0.137 e.